The monoisotopic (exact) mass is 142 g/mol. The van der Waals surface area contributed by atoms with Crippen LogP contribution in [0.2, 0.25) is 0 Å². The number of thiol groups is 1. The molecule has 0 nitrogen and oxygen atoms in total. The van der Waals surface area contributed by atoms with E-state index in [0.29, 0.717) is 0 Å². The molecule has 0 aliphatic heterocycles. The van der Waals surface area contributed by atoms with Crippen LogP contribution in [0.25, 0.3) is 0 Å². The van der Waals surface area contributed by atoms with Crippen LogP contribution in [0.15, 0.2) is 0 Å². The minimum Gasteiger partial charge on any atom is -1.00 e. The van der Waals surface area contributed by atoms with Gasteiger partial charge in [-0.05, 0) is 0 Å². The van der Waals surface area contributed by atoms with Gasteiger partial charge < -0.3 is 1.43 Å². The van der Waals surface area contributed by atoms with E-state index < -0.39 is 5.51 Å². The Kier molecular flexibility index (Phi) is 6.67. The Labute approximate surface area is 82.8 Å². The smallest absolute Gasteiger partial charge is 1.00 e. The fourth-order valence-electron chi connectivity index (χ4n) is 0. The predicted molar refractivity (Wildman–Crippen MR) is 16.2 cm³/mol. The molecule has 5 heteroatoms. The molecule has 0 radical (unpaired) electrons. The summed E-state index contributed by atoms with van der Waals surface area (Å²) in [6.45, 7) is 0. The molecule has 0 aromatic carbocycles. The third kappa shape index (κ3) is 41.8. The fourth-order valence-corrected chi connectivity index (χ4v) is 0. The van der Waals surface area contributed by atoms with Crippen LogP contribution in [0.5, 0.6) is 0 Å². The van der Waals surface area contributed by atoms with Gasteiger partial charge in [-0.2, -0.15) is 13.2 Å². The van der Waals surface area contributed by atoms with Crippen molar-refractivity contribution in [2.75, 3.05) is 0 Å². The van der Waals surface area contributed by atoms with E-state index in [4.69, 9.17) is 0 Å². The zero-order valence-electron chi connectivity index (χ0n) is 4.08. The normalized spacial score (nSPS) is 10.0. The molecule has 0 saturated heterocycles. The molecule has 0 rings (SSSR count). The SMILES string of the molecule is FC(F)(F)S.[H-].[K+]. The molecular formula is CH2F3KS. The van der Waals surface area contributed by atoms with Crippen LogP contribution >= 0.6 is 12.6 Å². The van der Waals surface area contributed by atoms with Crippen molar-refractivity contribution in [2.24, 2.45) is 0 Å². The third-order valence-corrected chi connectivity index (χ3v) is 0. The van der Waals surface area contributed by atoms with E-state index in [2.05, 4.69) is 12.6 Å². The Balaban J connectivity index is -0.0000000800. The first kappa shape index (κ1) is 10.7. The summed E-state index contributed by atoms with van der Waals surface area (Å²) in [5, 5.41) is 0. The van der Waals surface area contributed by atoms with Gasteiger partial charge in [0.05, 0.1) is 0 Å². The molecule has 0 aromatic heterocycles. The topological polar surface area (TPSA) is 0 Å². The quantitative estimate of drug-likeness (QED) is 0.310. The molecule has 0 atom stereocenters. The summed E-state index contributed by atoms with van der Waals surface area (Å²) in [7, 11) is 0. The number of hydrogen-bond acceptors (Lipinski definition) is 1. The summed E-state index contributed by atoms with van der Waals surface area (Å²) in [5.41, 5.74) is -4.31. The van der Waals surface area contributed by atoms with Crippen molar-refractivity contribution in [1.82, 2.24) is 0 Å². The van der Waals surface area contributed by atoms with Gasteiger partial charge in [-0.25, -0.2) is 0 Å². The zero-order valence-corrected chi connectivity index (χ0v) is 7.10. The van der Waals surface area contributed by atoms with Crippen molar-refractivity contribution in [3.05, 3.63) is 0 Å². The second-order valence-electron chi connectivity index (χ2n) is 0.468. The maximum absolute atomic E-state index is 10.2. The third-order valence-electron chi connectivity index (χ3n) is 0. The first-order valence-electron chi connectivity index (χ1n) is 0.791. The van der Waals surface area contributed by atoms with Gasteiger partial charge in [-0.15, -0.1) is 0 Å². The first-order chi connectivity index (χ1) is 2.00. The van der Waals surface area contributed by atoms with Crippen LogP contribution < -0.4 is 51.4 Å². The van der Waals surface area contributed by atoms with E-state index in [0.717, 1.165) is 0 Å². The van der Waals surface area contributed by atoms with Crippen molar-refractivity contribution in [3.63, 3.8) is 0 Å². The molecular weight excluding hydrogens is 140 g/mol. The van der Waals surface area contributed by atoms with Gasteiger partial charge in [-0.1, -0.05) is 12.6 Å². The Morgan fingerprint density at radius 2 is 1.33 bits per heavy atom. The van der Waals surface area contributed by atoms with Crippen molar-refractivity contribution < 1.29 is 66.0 Å². The second kappa shape index (κ2) is 3.74. The van der Waals surface area contributed by atoms with E-state index in [-0.39, 0.29) is 52.8 Å². The molecule has 0 saturated carbocycles. The second-order valence-corrected chi connectivity index (χ2v) is 0.975. The molecule has 0 N–H and O–H groups in total. The molecule has 0 fully saturated rings. The van der Waals surface area contributed by atoms with E-state index >= 15 is 0 Å². The van der Waals surface area contributed by atoms with Crippen LogP contribution in [0.4, 0.5) is 13.2 Å². The summed E-state index contributed by atoms with van der Waals surface area (Å²) < 4.78 is 30.7. The molecule has 0 heterocycles. The van der Waals surface area contributed by atoms with Crippen molar-refractivity contribution in [3.8, 4) is 0 Å². The number of hydrogen-bond donors (Lipinski definition) is 1. The summed E-state index contributed by atoms with van der Waals surface area (Å²) in [4.78, 5) is 0. The standard InChI is InChI=1S/CHF3S.K.H/c2-1(3,4)5;;/h5H;;/q;+1;-1. The van der Waals surface area contributed by atoms with E-state index in [9.17, 15) is 13.2 Å². The van der Waals surface area contributed by atoms with E-state index in [1.807, 2.05) is 0 Å². The fraction of sp³-hybridized carbons (Fsp3) is 1.00. The van der Waals surface area contributed by atoms with Crippen LogP contribution in [-0.4, -0.2) is 5.51 Å². The van der Waals surface area contributed by atoms with Gasteiger partial charge in [0.1, 0.15) is 0 Å². The summed E-state index contributed by atoms with van der Waals surface area (Å²) in [5.74, 6) is 0. The van der Waals surface area contributed by atoms with Crippen LogP contribution in [0.1, 0.15) is 1.43 Å². The van der Waals surface area contributed by atoms with Crippen LogP contribution in [0, 0.1) is 0 Å². The number of halogens is 3. The van der Waals surface area contributed by atoms with Crippen molar-refractivity contribution in [2.45, 2.75) is 5.51 Å². The van der Waals surface area contributed by atoms with Crippen molar-refractivity contribution >= 4 is 12.6 Å². The summed E-state index contributed by atoms with van der Waals surface area (Å²) in [6.07, 6.45) is 0. The first-order valence-corrected chi connectivity index (χ1v) is 1.24. The largest absolute Gasteiger partial charge is 1.00 e. The van der Waals surface area contributed by atoms with Gasteiger partial charge in [0, 0.05) is 0 Å². The van der Waals surface area contributed by atoms with Crippen molar-refractivity contribution in [1.29, 1.82) is 0 Å². The molecule has 0 aliphatic rings. The molecule has 0 unspecified atom stereocenters. The molecule has 0 amide bonds. The molecule has 0 bridgehead atoms. The molecule has 0 aliphatic carbocycles. The maximum Gasteiger partial charge on any atom is 1.00 e. The van der Waals surface area contributed by atoms with Gasteiger partial charge in [0.2, 0.25) is 0 Å². The number of rotatable bonds is 0. The minimum atomic E-state index is -4.31. The predicted octanol–water partition coefficient (Wildman–Crippen LogP) is -1.45. The average molecular weight is 142 g/mol. The Bertz CT molecular complexity index is 30.4. The van der Waals surface area contributed by atoms with E-state index in [1.54, 1.807) is 0 Å². The maximum atomic E-state index is 10.2. The summed E-state index contributed by atoms with van der Waals surface area (Å²) >= 11 is 2.12. The van der Waals surface area contributed by atoms with Crippen LogP contribution in [-0.2, 0) is 0 Å². The van der Waals surface area contributed by atoms with Gasteiger partial charge >= 0.3 is 56.9 Å². The Morgan fingerprint density at radius 3 is 1.33 bits per heavy atom. The molecule has 6 heavy (non-hydrogen) atoms. The molecule has 0 spiro atoms. The Morgan fingerprint density at radius 1 is 1.33 bits per heavy atom. The van der Waals surface area contributed by atoms with Gasteiger partial charge in [0.15, 0.2) is 0 Å². The van der Waals surface area contributed by atoms with Gasteiger partial charge in [-0.3, -0.25) is 0 Å². The summed E-state index contributed by atoms with van der Waals surface area (Å²) in [6, 6.07) is 0. The number of alkyl halides is 3. The molecule has 34 valence electrons. The average Bonchev–Trinajstić information content (AvgIpc) is 0.722. The van der Waals surface area contributed by atoms with E-state index in [1.165, 1.54) is 0 Å². The zero-order chi connectivity index (χ0) is 4.50. The minimum absolute atomic E-state index is 0. The van der Waals surface area contributed by atoms with Crippen LogP contribution in [0.3, 0.4) is 0 Å². The molecule has 0 aromatic rings. The Hall–Kier alpha value is 1.78. The van der Waals surface area contributed by atoms with Gasteiger partial charge in [0.25, 0.3) is 0 Å².